The fraction of sp³-hybridized carbons (Fsp3) is 0.360. The molecule has 1 N–H and O–H groups in total. The summed E-state index contributed by atoms with van der Waals surface area (Å²) in [6.07, 6.45) is 3.42. The van der Waals surface area contributed by atoms with Crippen LogP contribution in [0.4, 0.5) is 11.5 Å². The van der Waals surface area contributed by atoms with Gasteiger partial charge in [-0.1, -0.05) is 26.0 Å². The Morgan fingerprint density at radius 1 is 1.06 bits per heavy atom. The molecule has 0 fully saturated rings. The Balaban J connectivity index is 1.60. The number of ether oxygens (including phenoxy) is 1. The van der Waals surface area contributed by atoms with Crippen molar-refractivity contribution in [2.45, 2.75) is 47.5 Å². The van der Waals surface area contributed by atoms with E-state index < -0.39 is 0 Å². The van der Waals surface area contributed by atoms with Gasteiger partial charge in [-0.15, -0.1) is 0 Å². The Bertz CT molecular complexity index is 1070. The van der Waals surface area contributed by atoms with Gasteiger partial charge in [0, 0.05) is 29.9 Å². The van der Waals surface area contributed by atoms with E-state index in [1.807, 2.05) is 38.1 Å². The predicted molar refractivity (Wildman–Crippen MR) is 127 cm³/mol. The standard InChI is InChI=1S/C25H30N4O3/c1-16(2)12-23-19(5)25(28-15-27-23)26-11-10-20-6-8-22(9-7-20)32-24-17(3)13-21(29(30)31)14-18(24)4/h6-9,13-16H,10-12H2,1-5H3,(H,26,27,28). The molecule has 0 bridgehead atoms. The zero-order chi connectivity index (χ0) is 23.3. The van der Waals surface area contributed by atoms with E-state index in [9.17, 15) is 10.1 Å². The third kappa shape index (κ3) is 5.81. The lowest BCUT2D eigenvalue weighted by atomic mass is 10.0. The SMILES string of the molecule is Cc1cc([N+](=O)[O-])cc(C)c1Oc1ccc(CCNc2ncnc(CC(C)C)c2C)cc1. The first-order valence-electron chi connectivity index (χ1n) is 10.8. The van der Waals surface area contributed by atoms with Crippen molar-refractivity contribution in [1.29, 1.82) is 0 Å². The van der Waals surface area contributed by atoms with Crippen molar-refractivity contribution in [2.75, 3.05) is 11.9 Å². The van der Waals surface area contributed by atoms with E-state index in [-0.39, 0.29) is 10.6 Å². The Kier molecular flexibility index (Phi) is 7.41. The van der Waals surface area contributed by atoms with Crippen LogP contribution in [-0.4, -0.2) is 21.4 Å². The van der Waals surface area contributed by atoms with Gasteiger partial charge in [-0.25, -0.2) is 9.97 Å². The van der Waals surface area contributed by atoms with Crippen LogP contribution < -0.4 is 10.1 Å². The number of hydrogen-bond acceptors (Lipinski definition) is 6. The van der Waals surface area contributed by atoms with Gasteiger partial charge in [0.1, 0.15) is 23.6 Å². The van der Waals surface area contributed by atoms with Gasteiger partial charge in [0.25, 0.3) is 5.69 Å². The number of nitrogens with one attached hydrogen (secondary N) is 1. The van der Waals surface area contributed by atoms with E-state index in [1.165, 1.54) is 17.7 Å². The Morgan fingerprint density at radius 2 is 1.72 bits per heavy atom. The first-order chi connectivity index (χ1) is 15.2. The first kappa shape index (κ1) is 23.2. The molecule has 0 unspecified atom stereocenters. The maximum Gasteiger partial charge on any atom is 0.270 e. The van der Waals surface area contributed by atoms with Crippen molar-refractivity contribution in [3.05, 3.63) is 80.8 Å². The largest absolute Gasteiger partial charge is 0.457 e. The number of nitro benzene ring substituents is 1. The van der Waals surface area contributed by atoms with E-state index in [0.717, 1.165) is 47.6 Å². The highest BCUT2D eigenvalue weighted by molar-refractivity contribution is 5.50. The molecule has 2 aromatic carbocycles. The minimum Gasteiger partial charge on any atom is -0.457 e. The van der Waals surface area contributed by atoms with Crippen molar-refractivity contribution in [1.82, 2.24) is 9.97 Å². The van der Waals surface area contributed by atoms with Gasteiger partial charge < -0.3 is 10.1 Å². The molecule has 3 rings (SSSR count). The van der Waals surface area contributed by atoms with Gasteiger partial charge >= 0.3 is 0 Å². The molecule has 0 aliphatic carbocycles. The molecular weight excluding hydrogens is 404 g/mol. The first-order valence-corrected chi connectivity index (χ1v) is 10.8. The molecule has 0 spiro atoms. The predicted octanol–water partition coefficient (Wildman–Crippen LogP) is 5.96. The normalized spacial score (nSPS) is 10.9. The van der Waals surface area contributed by atoms with Crippen LogP contribution in [0.5, 0.6) is 11.5 Å². The number of aromatic nitrogens is 2. The summed E-state index contributed by atoms with van der Waals surface area (Å²) in [5.74, 6) is 2.80. The molecule has 7 nitrogen and oxygen atoms in total. The molecule has 32 heavy (non-hydrogen) atoms. The summed E-state index contributed by atoms with van der Waals surface area (Å²) in [5, 5.41) is 14.4. The number of anilines is 1. The van der Waals surface area contributed by atoms with Crippen LogP contribution in [0.25, 0.3) is 0 Å². The molecule has 0 saturated heterocycles. The molecule has 0 amide bonds. The van der Waals surface area contributed by atoms with Crippen LogP contribution in [0.1, 0.15) is 41.8 Å². The quantitative estimate of drug-likeness (QED) is 0.330. The van der Waals surface area contributed by atoms with Crippen LogP contribution in [0, 0.1) is 36.8 Å². The summed E-state index contributed by atoms with van der Waals surface area (Å²) in [7, 11) is 0. The Labute approximate surface area is 189 Å². The molecule has 1 aromatic heterocycles. The maximum absolute atomic E-state index is 11.0. The molecule has 1 heterocycles. The van der Waals surface area contributed by atoms with Crippen LogP contribution in [-0.2, 0) is 12.8 Å². The fourth-order valence-electron chi connectivity index (χ4n) is 3.62. The molecule has 0 aliphatic rings. The number of non-ortho nitro benzene ring substituents is 1. The summed E-state index contributed by atoms with van der Waals surface area (Å²) >= 11 is 0. The van der Waals surface area contributed by atoms with Gasteiger partial charge in [-0.05, 0) is 68.4 Å². The summed E-state index contributed by atoms with van der Waals surface area (Å²) in [6, 6.07) is 11.0. The van der Waals surface area contributed by atoms with E-state index in [2.05, 4.69) is 36.1 Å². The van der Waals surface area contributed by atoms with Gasteiger partial charge in [-0.3, -0.25) is 10.1 Å². The van der Waals surface area contributed by atoms with Gasteiger partial charge in [0.15, 0.2) is 0 Å². The molecule has 168 valence electrons. The Morgan fingerprint density at radius 3 is 2.31 bits per heavy atom. The summed E-state index contributed by atoms with van der Waals surface area (Å²) in [5.41, 5.74) is 4.93. The lowest BCUT2D eigenvalue weighted by molar-refractivity contribution is -0.385. The van der Waals surface area contributed by atoms with Crippen molar-refractivity contribution in [3.63, 3.8) is 0 Å². The zero-order valence-corrected chi connectivity index (χ0v) is 19.3. The second kappa shape index (κ2) is 10.2. The molecule has 7 heteroatoms. The summed E-state index contributed by atoms with van der Waals surface area (Å²) in [4.78, 5) is 19.4. The van der Waals surface area contributed by atoms with Crippen LogP contribution in [0.2, 0.25) is 0 Å². The van der Waals surface area contributed by atoms with Gasteiger partial charge in [0.05, 0.1) is 4.92 Å². The summed E-state index contributed by atoms with van der Waals surface area (Å²) in [6.45, 7) is 10.8. The van der Waals surface area contributed by atoms with Crippen molar-refractivity contribution >= 4 is 11.5 Å². The second-order valence-electron chi connectivity index (χ2n) is 8.48. The van der Waals surface area contributed by atoms with Gasteiger partial charge in [-0.2, -0.15) is 0 Å². The van der Waals surface area contributed by atoms with E-state index in [4.69, 9.17) is 4.74 Å². The van der Waals surface area contributed by atoms with Crippen molar-refractivity contribution in [3.8, 4) is 11.5 Å². The minimum atomic E-state index is -0.388. The molecular formula is C25H30N4O3. The number of benzene rings is 2. The summed E-state index contributed by atoms with van der Waals surface area (Å²) < 4.78 is 6.01. The van der Waals surface area contributed by atoms with Crippen LogP contribution in [0.15, 0.2) is 42.7 Å². The molecule has 0 radical (unpaired) electrons. The van der Waals surface area contributed by atoms with E-state index in [1.54, 1.807) is 6.33 Å². The molecule has 0 atom stereocenters. The highest BCUT2D eigenvalue weighted by atomic mass is 16.6. The van der Waals surface area contributed by atoms with E-state index in [0.29, 0.717) is 17.4 Å². The Hall–Kier alpha value is -3.48. The lowest BCUT2D eigenvalue weighted by Gasteiger charge is -2.13. The zero-order valence-electron chi connectivity index (χ0n) is 19.3. The van der Waals surface area contributed by atoms with E-state index >= 15 is 0 Å². The van der Waals surface area contributed by atoms with Crippen LogP contribution in [0.3, 0.4) is 0 Å². The minimum absolute atomic E-state index is 0.0745. The number of nitrogens with zero attached hydrogens (tertiary/aromatic N) is 3. The van der Waals surface area contributed by atoms with Crippen molar-refractivity contribution < 1.29 is 9.66 Å². The highest BCUT2D eigenvalue weighted by Crippen LogP contribution is 2.32. The maximum atomic E-state index is 11.0. The number of aryl methyl sites for hydroxylation is 2. The second-order valence-corrected chi connectivity index (χ2v) is 8.48. The third-order valence-corrected chi connectivity index (χ3v) is 5.30. The third-order valence-electron chi connectivity index (χ3n) is 5.30. The number of rotatable bonds is 9. The smallest absolute Gasteiger partial charge is 0.270 e. The van der Waals surface area contributed by atoms with Gasteiger partial charge in [0.2, 0.25) is 0 Å². The highest BCUT2D eigenvalue weighted by Gasteiger charge is 2.14. The topological polar surface area (TPSA) is 90.2 Å². The lowest BCUT2D eigenvalue weighted by Crippen LogP contribution is -2.10. The monoisotopic (exact) mass is 434 g/mol. The average Bonchev–Trinajstić information content (AvgIpc) is 2.74. The van der Waals surface area contributed by atoms with Crippen molar-refractivity contribution in [2.24, 2.45) is 5.92 Å². The number of hydrogen-bond donors (Lipinski definition) is 1. The fourth-order valence-corrected chi connectivity index (χ4v) is 3.62. The average molecular weight is 435 g/mol. The number of nitro groups is 1. The molecule has 0 aliphatic heterocycles. The van der Waals surface area contributed by atoms with Crippen LogP contribution >= 0.6 is 0 Å². The molecule has 3 aromatic rings. The molecule has 0 saturated carbocycles.